The van der Waals surface area contributed by atoms with Crippen LogP contribution < -0.4 is 5.32 Å². The van der Waals surface area contributed by atoms with Gasteiger partial charge in [-0.2, -0.15) is 0 Å². The van der Waals surface area contributed by atoms with Crippen LogP contribution in [-0.4, -0.2) is 42.5 Å². The lowest BCUT2D eigenvalue weighted by molar-refractivity contribution is -0.168. The minimum atomic E-state index is -1.86. The number of amides is 1. The molecule has 0 saturated heterocycles. The van der Waals surface area contributed by atoms with E-state index in [-0.39, 0.29) is 25.5 Å². The van der Waals surface area contributed by atoms with E-state index >= 15 is 0 Å². The predicted molar refractivity (Wildman–Crippen MR) is 65.2 cm³/mol. The molecule has 7 heteroatoms. The van der Waals surface area contributed by atoms with Gasteiger partial charge in [0.15, 0.2) is 0 Å². The third-order valence-electron chi connectivity index (χ3n) is 2.11. The molecule has 6 nitrogen and oxygen atoms in total. The fraction of sp³-hybridized carbons (Fsp3) is 0.727. The molecular weight excluding hydrogens is 262 g/mol. The van der Waals surface area contributed by atoms with Gasteiger partial charge in [0.2, 0.25) is 11.4 Å². The van der Waals surface area contributed by atoms with Gasteiger partial charge in [0.1, 0.15) is 0 Å². The number of alkyl halides is 1. The quantitative estimate of drug-likeness (QED) is 0.420. The number of carbonyl (C=O) groups excluding carboxylic acids is 3. The summed E-state index contributed by atoms with van der Waals surface area (Å²) in [6.45, 7) is 4.57. The summed E-state index contributed by atoms with van der Waals surface area (Å²) in [6, 6.07) is 0. The van der Waals surface area contributed by atoms with Crippen LogP contribution in [0.1, 0.15) is 27.2 Å². The van der Waals surface area contributed by atoms with Crippen LogP contribution in [0.3, 0.4) is 0 Å². The molecule has 0 saturated carbocycles. The summed E-state index contributed by atoms with van der Waals surface area (Å²) >= 11 is 5.59. The topological polar surface area (TPSA) is 81.7 Å². The van der Waals surface area contributed by atoms with Gasteiger partial charge in [0.05, 0.1) is 13.2 Å². The molecule has 0 atom stereocenters. The summed E-state index contributed by atoms with van der Waals surface area (Å²) in [7, 11) is 0. The Morgan fingerprint density at radius 1 is 1.11 bits per heavy atom. The van der Waals surface area contributed by atoms with E-state index < -0.39 is 23.4 Å². The summed E-state index contributed by atoms with van der Waals surface area (Å²) in [5.74, 6) is -2.27. The van der Waals surface area contributed by atoms with Crippen LogP contribution in [0, 0.1) is 0 Å². The highest BCUT2D eigenvalue weighted by molar-refractivity contribution is 6.19. The highest BCUT2D eigenvalue weighted by atomic mass is 35.5. The second-order valence-electron chi connectivity index (χ2n) is 3.47. The normalized spacial score (nSPS) is 10.7. The van der Waals surface area contributed by atoms with E-state index in [9.17, 15) is 14.4 Å². The van der Waals surface area contributed by atoms with Crippen LogP contribution in [0.5, 0.6) is 0 Å². The van der Waals surface area contributed by atoms with Gasteiger partial charge in [-0.1, -0.05) is 0 Å². The number of nitrogens with one attached hydrogen (secondary N) is 1. The van der Waals surface area contributed by atoms with Gasteiger partial charge < -0.3 is 14.8 Å². The van der Waals surface area contributed by atoms with E-state index in [2.05, 4.69) is 5.32 Å². The van der Waals surface area contributed by atoms with E-state index in [1.165, 1.54) is 6.92 Å². The van der Waals surface area contributed by atoms with E-state index in [0.29, 0.717) is 0 Å². The zero-order chi connectivity index (χ0) is 14.2. The molecule has 0 radical (unpaired) electrons. The molecule has 0 heterocycles. The molecule has 0 aliphatic heterocycles. The lowest BCUT2D eigenvalue weighted by atomic mass is 9.96. The number of hydrogen-bond donors (Lipinski definition) is 1. The fourth-order valence-electron chi connectivity index (χ4n) is 1.40. The Bertz CT molecular complexity index is 301. The zero-order valence-corrected chi connectivity index (χ0v) is 11.5. The lowest BCUT2D eigenvalue weighted by Gasteiger charge is -2.28. The highest BCUT2D eigenvalue weighted by Gasteiger charge is 2.49. The second kappa shape index (κ2) is 7.92. The summed E-state index contributed by atoms with van der Waals surface area (Å²) < 4.78 is 9.63. The van der Waals surface area contributed by atoms with Crippen molar-refractivity contribution in [1.29, 1.82) is 0 Å². The maximum absolute atomic E-state index is 11.9. The maximum atomic E-state index is 11.9. The molecule has 0 aromatic carbocycles. The van der Waals surface area contributed by atoms with Crippen LogP contribution in [0.25, 0.3) is 0 Å². The van der Waals surface area contributed by atoms with Gasteiger partial charge in [-0.15, -0.1) is 11.6 Å². The summed E-state index contributed by atoms with van der Waals surface area (Å²) in [5, 5.41) is 2.29. The van der Waals surface area contributed by atoms with Gasteiger partial charge in [-0.3, -0.25) is 4.79 Å². The van der Waals surface area contributed by atoms with Crippen molar-refractivity contribution in [2.75, 3.05) is 19.1 Å². The van der Waals surface area contributed by atoms with E-state index in [4.69, 9.17) is 21.1 Å². The first-order valence-electron chi connectivity index (χ1n) is 5.63. The largest absolute Gasteiger partial charge is 0.464 e. The molecule has 0 fully saturated rings. The Morgan fingerprint density at radius 3 is 1.83 bits per heavy atom. The van der Waals surface area contributed by atoms with Gasteiger partial charge in [-0.05, 0) is 13.8 Å². The average Bonchev–Trinajstić information content (AvgIpc) is 2.28. The van der Waals surface area contributed by atoms with E-state index in [0.717, 1.165) is 0 Å². The second-order valence-corrected chi connectivity index (χ2v) is 3.84. The summed E-state index contributed by atoms with van der Waals surface area (Å²) in [5.41, 5.74) is -1.86. The Balaban J connectivity index is 5.32. The Labute approximate surface area is 111 Å². The van der Waals surface area contributed by atoms with Gasteiger partial charge >= 0.3 is 11.9 Å². The van der Waals surface area contributed by atoms with Crippen LogP contribution in [0.2, 0.25) is 0 Å². The van der Waals surface area contributed by atoms with Crippen LogP contribution >= 0.6 is 11.6 Å². The molecule has 0 aliphatic rings. The number of halogens is 1. The summed E-state index contributed by atoms with van der Waals surface area (Å²) in [4.78, 5) is 35.0. The van der Waals surface area contributed by atoms with Crippen molar-refractivity contribution in [2.45, 2.75) is 32.7 Å². The van der Waals surface area contributed by atoms with Crippen molar-refractivity contribution in [3.8, 4) is 0 Å². The van der Waals surface area contributed by atoms with Crippen molar-refractivity contribution < 1.29 is 23.9 Å². The third kappa shape index (κ3) is 4.18. The number of rotatable bonds is 7. The Morgan fingerprint density at radius 2 is 1.56 bits per heavy atom. The van der Waals surface area contributed by atoms with Crippen molar-refractivity contribution in [3.63, 3.8) is 0 Å². The molecule has 1 N–H and O–H groups in total. The van der Waals surface area contributed by atoms with Crippen molar-refractivity contribution in [2.24, 2.45) is 0 Å². The van der Waals surface area contributed by atoms with Crippen LogP contribution in [-0.2, 0) is 23.9 Å². The van der Waals surface area contributed by atoms with E-state index in [1.807, 2.05) is 0 Å². The standard InChI is InChI=1S/C11H18ClNO5/c1-4-17-9(15)11(6-7-12,13-8(3)14)10(16)18-5-2/h4-7H2,1-3H3,(H,13,14). The monoisotopic (exact) mass is 279 g/mol. The molecule has 0 aromatic rings. The lowest BCUT2D eigenvalue weighted by Crippen LogP contribution is -2.61. The number of carbonyl (C=O) groups is 3. The van der Waals surface area contributed by atoms with Crippen molar-refractivity contribution >= 4 is 29.4 Å². The van der Waals surface area contributed by atoms with E-state index in [1.54, 1.807) is 13.8 Å². The summed E-state index contributed by atoms with van der Waals surface area (Å²) in [6.07, 6.45) is -0.0915. The van der Waals surface area contributed by atoms with Gasteiger partial charge in [0, 0.05) is 19.2 Å². The molecule has 0 aromatic heterocycles. The number of ether oxygens (including phenoxy) is 2. The first kappa shape index (κ1) is 16.7. The SMILES string of the molecule is CCOC(=O)C(CCCl)(NC(C)=O)C(=O)OCC. The minimum Gasteiger partial charge on any atom is -0.464 e. The molecule has 0 bridgehead atoms. The van der Waals surface area contributed by atoms with Crippen molar-refractivity contribution in [1.82, 2.24) is 5.32 Å². The molecule has 0 spiro atoms. The molecule has 18 heavy (non-hydrogen) atoms. The third-order valence-corrected chi connectivity index (χ3v) is 2.30. The van der Waals surface area contributed by atoms with Crippen molar-refractivity contribution in [3.05, 3.63) is 0 Å². The average molecular weight is 280 g/mol. The van der Waals surface area contributed by atoms with Crippen LogP contribution in [0.15, 0.2) is 0 Å². The minimum absolute atomic E-state index is 0.00207. The first-order valence-corrected chi connectivity index (χ1v) is 6.17. The fourth-order valence-corrected chi connectivity index (χ4v) is 1.69. The predicted octanol–water partition coefficient (Wildman–Crippen LogP) is 0.616. The maximum Gasteiger partial charge on any atom is 0.343 e. The smallest absolute Gasteiger partial charge is 0.343 e. The molecule has 0 unspecified atom stereocenters. The Hall–Kier alpha value is -1.30. The Kier molecular flexibility index (Phi) is 7.35. The van der Waals surface area contributed by atoms with Gasteiger partial charge in [0.25, 0.3) is 0 Å². The molecular formula is C11H18ClNO5. The molecule has 104 valence electrons. The number of esters is 2. The first-order chi connectivity index (χ1) is 8.44. The number of hydrogen-bond acceptors (Lipinski definition) is 5. The zero-order valence-electron chi connectivity index (χ0n) is 10.7. The molecule has 0 rings (SSSR count). The van der Waals surface area contributed by atoms with Gasteiger partial charge in [-0.25, -0.2) is 9.59 Å². The molecule has 0 aliphatic carbocycles. The molecule has 1 amide bonds. The van der Waals surface area contributed by atoms with Crippen LogP contribution in [0.4, 0.5) is 0 Å². The highest BCUT2D eigenvalue weighted by Crippen LogP contribution is 2.17.